The molecule has 134 valence electrons. The summed E-state index contributed by atoms with van der Waals surface area (Å²) in [6.45, 7) is 6.43. The first-order valence-corrected chi connectivity index (χ1v) is 7.61. The number of aryl methyl sites for hydroxylation is 1. The van der Waals surface area contributed by atoms with Crippen LogP contribution in [0.1, 0.15) is 36.8 Å². The van der Waals surface area contributed by atoms with E-state index in [9.17, 15) is 22.8 Å². The lowest BCUT2D eigenvalue weighted by atomic mass is 9.94. The Morgan fingerprint density at radius 3 is 2.00 bits per heavy atom. The maximum Gasteiger partial charge on any atom is 0.435 e. The van der Waals surface area contributed by atoms with E-state index >= 15 is 0 Å². The molecule has 1 aliphatic heterocycles. The highest BCUT2D eigenvalue weighted by molar-refractivity contribution is 5.95. The standard InChI is InChI=1S/C15H21F3N4O2/c1-14(2,3)13(24)22-7-5-21(6-8-22)12(23)10-9-20(4)19-11(10)15(16,17)18/h9H,5-8H2,1-4H3. The second-order valence-corrected chi connectivity index (χ2v) is 6.90. The number of rotatable bonds is 1. The molecular weight excluding hydrogens is 325 g/mol. The summed E-state index contributed by atoms with van der Waals surface area (Å²) < 4.78 is 39.9. The molecule has 0 unspecified atom stereocenters. The number of carbonyl (C=O) groups excluding carboxylic acids is 2. The molecule has 2 heterocycles. The Morgan fingerprint density at radius 1 is 1.04 bits per heavy atom. The van der Waals surface area contributed by atoms with Crippen molar-refractivity contribution >= 4 is 11.8 Å². The summed E-state index contributed by atoms with van der Waals surface area (Å²) in [4.78, 5) is 27.6. The summed E-state index contributed by atoms with van der Waals surface area (Å²) in [5.41, 5.74) is -2.16. The summed E-state index contributed by atoms with van der Waals surface area (Å²) in [6.07, 6.45) is -3.60. The SMILES string of the molecule is Cn1cc(C(=O)N2CCN(C(=O)C(C)(C)C)CC2)c(C(F)(F)F)n1. The van der Waals surface area contributed by atoms with Gasteiger partial charge in [0.05, 0.1) is 5.56 Å². The highest BCUT2D eigenvalue weighted by Crippen LogP contribution is 2.31. The molecule has 1 aromatic rings. The van der Waals surface area contributed by atoms with Crippen LogP contribution in [-0.4, -0.2) is 57.6 Å². The van der Waals surface area contributed by atoms with E-state index in [1.165, 1.54) is 11.9 Å². The van der Waals surface area contributed by atoms with Crippen LogP contribution >= 0.6 is 0 Å². The Bertz CT molecular complexity index is 638. The molecule has 6 nitrogen and oxygen atoms in total. The van der Waals surface area contributed by atoms with Crippen molar-refractivity contribution in [3.8, 4) is 0 Å². The zero-order chi connectivity index (χ0) is 18.3. The lowest BCUT2D eigenvalue weighted by Crippen LogP contribution is -2.53. The van der Waals surface area contributed by atoms with Crippen molar-refractivity contribution in [2.45, 2.75) is 26.9 Å². The molecule has 0 aromatic carbocycles. The Labute approximate surface area is 138 Å². The Hall–Kier alpha value is -2.06. The summed E-state index contributed by atoms with van der Waals surface area (Å²) >= 11 is 0. The minimum Gasteiger partial charge on any atom is -0.339 e. The molecular formula is C15H21F3N4O2. The van der Waals surface area contributed by atoms with E-state index in [1.807, 2.05) is 0 Å². The highest BCUT2D eigenvalue weighted by atomic mass is 19.4. The summed E-state index contributed by atoms with van der Waals surface area (Å²) in [5.74, 6) is -0.745. The van der Waals surface area contributed by atoms with Gasteiger partial charge in [0.15, 0.2) is 5.69 Å². The molecule has 1 aromatic heterocycles. The second-order valence-electron chi connectivity index (χ2n) is 6.90. The minimum absolute atomic E-state index is 0.0352. The smallest absolute Gasteiger partial charge is 0.339 e. The largest absolute Gasteiger partial charge is 0.435 e. The number of nitrogens with zero attached hydrogens (tertiary/aromatic N) is 4. The number of halogens is 3. The van der Waals surface area contributed by atoms with Gasteiger partial charge in [-0.05, 0) is 0 Å². The molecule has 0 spiro atoms. The van der Waals surface area contributed by atoms with Crippen molar-refractivity contribution in [1.82, 2.24) is 19.6 Å². The van der Waals surface area contributed by atoms with Gasteiger partial charge in [0, 0.05) is 44.8 Å². The molecule has 0 radical (unpaired) electrons. The van der Waals surface area contributed by atoms with Gasteiger partial charge in [-0.3, -0.25) is 14.3 Å². The molecule has 9 heteroatoms. The molecule has 0 atom stereocenters. The van der Waals surface area contributed by atoms with Crippen LogP contribution in [0.25, 0.3) is 0 Å². The van der Waals surface area contributed by atoms with Crippen LogP contribution in [0, 0.1) is 5.41 Å². The van der Waals surface area contributed by atoms with Crippen LogP contribution < -0.4 is 0 Å². The number of alkyl halides is 3. The molecule has 1 saturated heterocycles. The highest BCUT2D eigenvalue weighted by Gasteiger charge is 2.40. The fourth-order valence-electron chi connectivity index (χ4n) is 2.61. The zero-order valence-corrected chi connectivity index (χ0v) is 14.1. The van der Waals surface area contributed by atoms with Crippen LogP contribution in [0.5, 0.6) is 0 Å². The van der Waals surface area contributed by atoms with Gasteiger partial charge in [-0.25, -0.2) is 0 Å². The van der Waals surface area contributed by atoms with Crippen molar-refractivity contribution < 1.29 is 22.8 Å². The van der Waals surface area contributed by atoms with Crippen molar-refractivity contribution in [3.05, 3.63) is 17.5 Å². The number of piperazine rings is 1. The average Bonchev–Trinajstić information content (AvgIpc) is 2.87. The van der Waals surface area contributed by atoms with Gasteiger partial charge in [-0.15, -0.1) is 0 Å². The van der Waals surface area contributed by atoms with Crippen LogP contribution in [0.3, 0.4) is 0 Å². The number of hydrogen-bond acceptors (Lipinski definition) is 3. The van der Waals surface area contributed by atoms with Crippen molar-refractivity contribution in [2.75, 3.05) is 26.2 Å². The van der Waals surface area contributed by atoms with Crippen molar-refractivity contribution in [3.63, 3.8) is 0 Å². The van der Waals surface area contributed by atoms with E-state index in [0.29, 0.717) is 13.1 Å². The molecule has 0 bridgehead atoms. The van der Waals surface area contributed by atoms with Gasteiger partial charge in [0.25, 0.3) is 5.91 Å². The maximum absolute atomic E-state index is 13.0. The zero-order valence-electron chi connectivity index (χ0n) is 14.1. The van der Waals surface area contributed by atoms with Gasteiger partial charge in [-0.1, -0.05) is 20.8 Å². The normalized spacial score (nSPS) is 16.5. The summed E-state index contributed by atoms with van der Waals surface area (Å²) in [5, 5.41) is 3.35. The topological polar surface area (TPSA) is 58.4 Å². The predicted molar refractivity (Wildman–Crippen MR) is 80.1 cm³/mol. The first-order valence-electron chi connectivity index (χ1n) is 7.61. The van der Waals surface area contributed by atoms with Gasteiger partial charge in [0.1, 0.15) is 0 Å². The quantitative estimate of drug-likeness (QED) is 0.779. The molecule has 0 N–H and O–H groups in total. The molecule has 0 aliphatic carbocycles. The number of hydrogen-bond donors (Lipinski definition) is 0. The fraction of sp³-hybridized carbons (Fsp3) is 0.667. The van der Waals surface area contributed by atoms with E-state index in [-0.39, 0.29) is 19.0 Å². The van der Waals surface area contributed by atoms with Crippen LogP contribution in [0.4, 0.5) is 13.2 Å². The summed E-state index contributed by atoms with van der Waals surface area (Å²) in [7, 11) is 1.34. The molecule has 0 saturated carbocycles. The predicted octanol–water partition coefficient (Wildman–Crippen LogP) is 1.77. The fourth-order valence-corrected chi connectivity index (χ4v) is 2.61. The van der Waals surface area contributed by atoms with E-state index < -0.39 is 28.8 Å². The van der Waals surface area contributed by atoms with Gasteiger partial charge < -0.3 is 9.80 Å². The Kier molecular flexibility index (Phi) is 4.65. The van der Waals surface area contributed by atoms with E-state index in [0.717, 1.165) is 10.9 Å². The van der Waals surface area contributed by atoms with E-state index in [2.05, 4.69) is 5.10 Å². The maximum atomic E-state index is 13.0. The lowest BCUT2D eigenvalue weighted by Gasteiger charge is -2.37. The number of aromatic nitrogens is 2. The lowest BCUT2D eigenvalue weighted by molar-refractivity contribution is -0.141. The molecule has 2 rings (SSSR count). The van der Waals surface area contributed by atoms with Crippen LogP contribution in [0.2, 0.25) is 0 Å². The third-order valence-electron chi connectivity index (χ3n) is 3.82. The first kappa shape index (κ1) is 18.3. The van der Waals surface area contributed by atoms with Crippen molar-refractivity contribution in [1.29, 1.82) is 0 Å². The molecule has 24 heavy (non-hydrogen) atoms. The average molecular weight is 346 g/mol. The van der Waals surface area contributed by atoms with E-state index in [4.69, 9.17) is 0 Å². The molecule has 1 aliphatic rings. The number of amides is 2. The van der Waals surface area contributed by atoms with Gasteiger partial charge in [-0.2, -0.15) is 18.3 Å². The first-order chi connectivity index (χ1) is 10.9. The Morgan fingerprint density at radius 2 is 1.54 bits per heavy atom. The minimum atomic E-state index is -4.68. The van der Waals surface area contributed by atoms with Gasteiger partial charge in [0.2, 0.25) is 5.91 Å². The third-order valence-corrected chi connectivity index (χ3v) is 3.82. The van der Waals surface area contributed by atoms with Crippen LogP contribution in [0.15, 0.2) is 6.20 Å². The summed E-state index contributed by atoms with van der Waals surface area (Å²) in [6, 6.07) is 0. The second kappa shape index (κ2) is 6.10. The third kappa shape index (κ3) is 3.70. The van der Waals surface area contributed by atoms with Crippen LogP contribution in [-0.2, 0) is 18.0 Å². The van der Waals surface area contributed by atoms with Gasteiger partial charge >= 0.3 is 6.18 Å². The number of carbonyl (C=O) groups is 2. The van der Waals surface area contributed by atoms with E-state index in [1.54, 1.807) is 25.7 Å². The molecule has 1 fully saturated rings. The Balaban J connectivity index is 2.11. The van der Waals surface area contributed by atoms with Crippen molar-refractivity contribution in [2.24, 2.45) is 12.5 Å². The monoisotopic (exact) mass is 346 g/mol. The molecule has 2 amide bonds.